The van der Waals surface area contributed by atoms with Crippen LogP contribution in [-0.4, -0.2) is 18.0 Å². The molecule has 0 atom stereocenters. The standard InChI is InChI=1S/C27H27N/c1-20-18-25-23-13-7-6-10-21(23)14-15-24(25)27(22-11-4-2-5-12-22)26(20)19-28-16-8-3-9-17-28/h2,4-7,10-15,18H,3,8-9,16-17,19H2,1H3. The highest BCUT2D eigenvalue weighted by Crippen LogP contribution is 2.38. The molecule has 0 amide bonds. The quantitative estimate of drug-likeness (QED) is 0.355. The van der Waals surface area contributed by atoms with Crippen molar-refractivity contribution < 1.29 is 0 Å². The van der Waals surface area contributed by atoms with Crippen molar-refractivity contribution in [3.05, 3.63) is 83.9 Å². The van der Waals surface area contributed by atoms with E-state index in [2.05, 4.69) is 84.6 Å². The summed E-state index contributed by atoms with van der Waals surface area (Å²) in [6.07, 6.45) is 4.04. The number of piperidine rings is 1. The van der Waals surface area contributed by atoms with E-state index in [-0.39, 0.29) is 0 Å². The zero-order chi connectivity index (χ0) is 18.9. The second-order valence-electron chi connectivity index (χ2n) is 8.13. The lowest BCUT2D eigenvalue weighted by Gasteiger charge is -2.29. The van der Waals surface area contributed by atoms with Gasteiger partial charge in [0.05, 0.1) is 0 Å². The van der Waals surface area contributed by atoms with E-state index in [0.29, 0.717) is 0 Å². The summed E-state index contributed by atoms with van der Waals surface area (Å²) in [5.74, 6) is 0. The molecule has 4 aromatic carbocycles. The molecule has 0 aliphatic carbocycles. The van der Waals surface area contributed by atoms with Crippen molar-refractivity contribution in [1.29, 1.82) is 0 Å². The molecule has 1 heterocycles. The molecule has 1 fully saturated rings. The molecule has 5 rings (SSSR count). The van der Waals surface area contributed by atoms with Crippen LogP contribution in [0.25, 0.3) is 32.7 Å². The van der Waals surface area contributed by atoms with Crippen molar-refractivity contribution in [3.63, 3.8) is 0 Å². The molecule has 0 radical (unpaired) electrons. The molecule has 1 aliphatic rings. The van der Waals surface area contributed by atoms with Gasteiger partial charge in [-0.05, 0) is 76.7 Å². The number of hydrogen-bond acceptors (Lipinski definition) is 1. The molecule has 1 heteroatoms. The number of benzene rings is 4. The van der Waals surface area contributed by atoms with Crippen LogP contribution >= 0.6 is 0 Å². The molecule has 0 bridgehead atoms. The van der Waals surface area contributed by atoms with E-state index in [0.717, 1.165) is 6.54 Å². The van der Waals surface area contributed by atoms with Gasteiger partial charge in [-0.3, -0.25) is 4.90 Å². The van der Waals surface area contributed by atoms with Crippen LogP contribution in [0.15, 0.2) is 72.8 Å². The van der Waals surface area contributed by atoms with Crippen molar-refractivity contribution in [2.75, 3.05) is 13.1 Å². The third-order valence-corrected chi connectivity index (χ3v) is 6.27. The average molecular weight is 366 g/mol. The highest BCUT2D eigenvalue weighted by Gasteiger charge is 2.18. The Hall–Kier alpha value is -2.64. The van der Waals surface area contributed by atoms with Crippen LogP contribution in [0.4, 0.5) is 0 Å². The maximum atomic E-state index is 2.64. The molecule has 0 saturated carbocycles. The molecule has 0 unspecified atom stereocenters. The van der Waals surface area contributed by atoms with Gasteiger partial charge in [0, 0.05) is 6.54 Å². The minimum Gasteiger partial charge on any atom is -0.299 e. The van der Waals surface area contributed by atoms with E-state index in [4.69, 9.17) is 0 Å². The largest absolute Gasteiger partial charge is 0.299 e. The predicted octanol–water partition coefficient (Wildman–Crippen LogP) is 6.95. The van der Waals surface area contributed by atoms with E-state index < -0.39 is 0 Å². The molecule has 1 nitrogen and oxygen atoms in total. The SMILES string of the molecule is Cc1cc2c(ccc3ccccc32)c(-c2ccccc2)c1CN1CCCCC1. The number of hydrogen-bond donors (Lipinski definition) is 0. The van der Waals surface area contributed by atoms with Crippen LogP contribution in [0, 0.1) is 6.92 Å². The van der Waals surface area contributed by atoms with Gasteiger partial charge < -0.3 is 0 Å². The topological polar surface area (TPSA) is 3.24 Å². The summed E-state index contributed by atoms with van der Waals surface area (Å²) in [6.45, 7) is 5.80. The van der Waals surface area contributed by atoms with Gasteiger partial charge in [-0.1, -0.05) is 79.2 Å². The van der Waals surface area contributed by atoms with Crippen LogP contribution < -0.4 is 0 Å². The normalized spacial score (nSPS) is 15.3. The average Bonchev–Trinajstić information content (AvgIpc) is 2.75. The molecule has 4 aromatic rings. The first kappa shape index (κ1) is 17.5. The fourth-order valence-corrected chi connectivity index (χ4v) is 4.81. The number of rotatable bonds is 3. The first-order valence-corrected chi connectivity index (χ1v) is 10.5. The van der Waals surface area contributed by atoms with E-state index >= 15 is 0 Å². The molecule has 140 valence electrons. The first-order valence-electron chi connectivity index (χ1n) is 10.5. The van der Waals surface area contributed by atoms with Crippen molar-refractivity contribution >= 4 is 21.5 Å². The highest BCUT2D eigenvalue weighted by molar-refractivity contribution is 6.13. The van der Waals surface area contributed by atoms with Crippen LogP contribution in [0.2, 0.25) is 0 Å². The van der Waals surface area contributed by atoms with Gasteiger partial charge in [-0.15, -0.1) is 0 Å². The maximum absolute atomic E-state index is 2.64. The summed E-state index contributed by atoms with van der Waals surface area (Å²) < 4.78 is 0. The molecule has 1 aliphatic heterocycles. The van der Waals surface area contributed by atoms with Gasteiger partial charge in [0.2, 0.25) is 0 Å². The van der Waals surface area contributed by atoms with E-state index in [1.54, 1.807) is 0 Å². The van der Waals surface area contributed by atoms with Gasteiger partial charge >= 0.3 is 0 Å². The maximum Gasteiger partial charge on any atom is 0.0242 e. The smallest absolute Gasteiger partial charge is 0.0242 e. The number of aryl methyl sites for hydroxylation is 1. The summed E-state index contributed by atoms with van der Waals surface area (Å²) in [6, 6.07) is 26.8. The van der Waals surface area contributed by atoms with Crippen LogP contribution in [0.1, 0.15) is 30.4 Å². The fourth-order valence-electron chi connectivity index (χ4n) is 4.81. The van der Waals surface area contributed by atoms with E-state index in [9.17, 15) is 0 Å². The van der Waals surface area contributed by atoms with Gasteiger partial charge in [0.15, 0.2) is 0 Å². The Kier molecular flexibility index (Phi) is 4.62. The summed E-state index contributed by atoms with van der Waals surface area (Å²) >= 11 is 0. The molecule has 0 spiro atoms. The second-order valence-corrected chi connectivity index (χ2v) is 8.13. The number of nitrogens with zero attached hydrogens (tertiary/aromatic N) is 1. The zero-order valence-corrected chi connectivity index (χ0v) is 16.6. The Labute approximate surface area is 167 Å². The van der Waals surface area contributed by atoms with Crippen molar-refractivity contribution in [2.24, 2.45) is 0 Å². The van der Waals surface area contributed by atoms with Crippen LogP contribution in [-0.2, 0) is 6.54 Å². The van der Waals surface area contributed by atoms with Gasteiger partial charge in [0.1, 0.15) is 0 Å². The van der Waals surface area contributed by atoms with E-state index in [1.807, 2.05) is 0 Å². The van der Waals surface area contributed by atoms with Crippen LogP contribution in [0.3, 0.4) is 0 Å². The molecule has 0 aromatic heterocycles. The van der Waals surface area contributed by atoms with Gasteiger partial charge in [-0.2, -0.15) is 0 Å². The van der Waals surface area contributed by atoms with Crippen LogP contribution in [0.5, 0.6) is 0 Å². The summed E-state index contributed by atoms with van der Waals surface area (Å²) in [5, 5.41) is 5.42. The fraction of sp³-hybridized carbons (Fsp3) is 0.259. The second kappa shape index (κ2) is 7.41. The summed E-state index contributed by atoms with van der Waals surface area (Å²) in [5.41, 5.74) is 5.66. The summed E-state index contributed by atoms with van der Waals surface area (Å²) in [4.78, 5) is 2.64. The Morgan fingerprint density at radius 2 is 1.46 bits per heavy atom. The Bertz CT molecular complexity index is 1120. The zero-order valence-electron chi connectivity index (χ0n) is 16.6. The van der Waals surface area contributed by atoms with Crippen molar-refractivity contribution in [1.82, 2.24) is 4.90 Å². The van der Waals surface area contributed by atoms with Gasteiger partial charge in [-0.25, -0.2) is 0 Å². The molecular formula is C27H27N. The van der Waals surface area contributed by atoms with Gasteiger partial charge in [0.25, 0.3) is 0 Å². The third kappa shape index (κ3) is 3.10. The molecule has 1 saturated heterocycles. The minimum absolute atomic E-state index is 1.05. The lowest BCUT2D eigenvalue weighted by atomic mass is 9.87. The van der Waals surface area contributed by atoms with E-state index in [1.165, 1.54) is 76.2 Å². The predicted molar refractivity (Wildman–Crippen MR) is 121 cm³/mol. The lowest BCUT2D eigenvalue weighted by Crippen LogP contribution is -2.29. The first-order chi connectivity index (χ1) is 13.8. The monoisotopic (exact) mass is 365 g/mol. The highest BCUT2D eigenvalue weighted by atomic mass is 15.1. The van der Waals surface area contributed by atoms with Crippen molar-refractivity contribution in [3.8, 4) is 11.1 Å². The molecule has 0 N–H and O–H groups in total. The Balaban J connectivity index is 1.78. The number of likely N-dealkylation sites (tertiary alicyclic amines) is 1. The number of fused-ring (bicyclic) bond motifs is 3. The molecular weight excluding hydrogens is 338 g/mol. The Morgan fingerprint density at radius 3 is 2.29 bits per heavy atom. The van der Waals surface area contributed by atoms with Crippen molar-refractivity contribution in [2.45, 2.75) is 32.7 Å². The third-order valence-electron chi connectivity index (χ3n) is 6.27. The molecule has 28 heavy (non-hydrogen) atoms. The summed E-state index contributed by atoms with van der Waals surface area (Å²) in [7, 11) is 0. The Morgan fingerprint density at radius 1 is 0.714 bits per heavy atom. The minimum atomic E-state index is 1.05. The lowest BCUT2D eigenvalue weighted by molar-refractivity contribution is 0.221.